The summed E-state index contributed by atoms with van der Waals surface area (Å²) in [7, 11) is 2.60. The van der Waals surface area contributed by atoms with Crippen LogP contribution in [0.25, 0.3) is 0 Å². The first-order valence-corrected chi connectivity index (χ1v) is 10.0. The third-order valence-corrected chi connectivity index (χ3v) is 6.26. The molecular formula is C22H26O6. The van der Waals surface area contributed by atoms with Gasteiger partial charge in [-0.25, -0.2) is 9.59 Å². The van der Waals surface area contributed by atoms with Crippen LogP contribution in [0.3, 0.4) is 0 Å². The van der Waals surface area contributed by atoms with Crippen LogP contribution in [0.5, 0.6) is 11.5 Å². The van der Waals surface area contributed by atoms with E-state index in [1.807, 2.05) is 0 Å². The standard InChI is InChI=1S/C22H26O6/c1-25-21(23)27-17-11-12-18(28-22(24)26-2)20-16-10-6-4-8-14(16)13-7-3-5-9-15(13)19(17)20/h11-12,15-16H,3-10H2,1-2H3/t15-,16-/m0/s1. The van der Waals surface area contributed by atoms with Crippen molar-refractivity contribution in [2.45, 2.75) is 63.2 Å². The molecule has 0 saturated heterocycles. The van der Waals surface area contributed by atoms with Gasteiger partial charge in [0.1, 0.15) is 11.5 Å². The first-order chi connectivity index (χ1) is 13.6. The van der Waals surface area contributed by atoms with E-state index in [9.17, 15) is 9.59 Å². The average Bonchev–Trinajstić information content (AvgIpc) is 2.74. The minimum atomic E-state index is -0.736. The van der Waals surface area contributed by atoms with Gasteiger partial charge >= 0.3 is 12.3 Å². The highest BCUT2D eigenvalue weighted by molar-refractivity contribution is 5.70. The van der Waals surface area contributed by atoms with Crippen molar-refractivity contribution in [3.05, 3.63) is 34.4 Å². The Balaban J connectivity index is 1.89. The van der Waals surface area contributed by atoms with Gasteiger partial charge in [0.2, 0.25) is 0 Å². The highest BCUT2D eigenvalue weighted by Gasteiger charge is 2.40. The Hall–Kier alpha value is -2.50. The molecule has 0 bridgehead atoms. The van der Waals surface area contributed by atoms with E-state index in [1.54, 1.807) is 12.1 Å². The molecular weight excluding hydrogens is 360 g/mol. The number of carbonyl (C=O) groups is 2. The Morgan fingerprint density at radius 3 is 1.57 bits per heavy atom. The van der Waals surface area contributed by atoms with Gasteiger partial charge in [0.15, 0.2) is 0 Å². The molecule has 3 aliphatic rings. The van der Waals surface area contributed by atoms with E-state index >= 15 is 0 Å². The van der Waals surface area contributed by atoms with Crippen LogP contribution in [0.1, 0.15) is 74.3 Å². The van der Waals surface area contributed by atoms with Gasteiger partial charge in [0.05, 0.1) is 14.2 Å². The fraction of sp³-hybridized carbons (Fsp3) is 0.545. The summed E-state index contributed by atoms with van der Waals surface area (Å²) in [5, 5.41) is 0. The zero-order chi connectivity index (χ0) is 19.7. The fourth-order valence-electron chi connectivity index (χ4n) is 5.19. The summed E-state index contributed by atoms with van der Waals surface area (Å²) in [6.07, 6.45) is 7.39. The lowest BCUT2D eigenvalue weighted by Crippen LogP contribution is -2.26. The molecule has 1 aromatic rings. The lowest BCUT2D eigenvalue weighted by Gasteiger charge is -2.42. The van der Waals surface area contributed by atoms with Crippen LogP contribution < -0.4 is 9.47 Å². The van der Waals surface area contributed by atoms with Gasteiger partial charge in [-0.3, -0.25) is 0 Å². The molecule has 0 heterocycles. The van der Waals surface area contributed by atoms with Crippen LogP contribution in [0.4, 0.5) is 9.59 Å². The van der Waals surface area contributed by atoms with Crippen molar-refractivity contribution in [2.75, 3.05) is 14.2 Å². The average molecular weight is 386 g/mol. The van der Waals surface area contributed by atoms with Gasteiger partial charge in [0, 0.05) is 23.0 Å². The third-order valence-electron chi connectivity index (χ3n) is 6.26. The largest absolute Gasteiger partial charge is 0.513 e. The van der Waals surface area contributed by atoms with Crippen molar-refractivity contribution >= 4 is 12.3 Å². The van der Waals surface area contributed by atoms with Crippen molar-refractivity contribution < 1.29 is 28.5 Å². The lowest BCUT2D eigenvalue weighted by molar-refractivity contribution is 0.118. The summed E-state index contributed by atoms with van der Waals surface area (Å²) in [4.78, 5) is 23.7. The van der Waals surface area contributed by atoms with Crippen LogP contribution >= 0.6 is 0 Å². The van der Waals surface area contributed by atoms with E-state index in [0.717, 1.165) is 49.7 Å². The lowest BCUT2D eigenvalue weighted by atomic mass is 9.63. The van der Waals surface area contributed by atoms with E-state index in [4.69, 9.17) is 18.9 Å². The maximum absolute atomic E-state index is 11.9. The highest BCUT2D eigenvalue weighted by Crippen LogP contribution is 2.57. The molecule has 1 aromatic carbocycles. The molecule has 3 aliphatic carbocycles. The number of carbonyl (C=O) groups excluding carboxylic acids is 2. The van der Waals surface area contributed by atoms with Gasteiger partial charge in [-0.1, -0.05) is 24.0 Å². The predicted molar refractivity (Wildman–Crippen MR) is 102 cm³/mol. The number of ether oxygens (including phenoxy) is 4. The van der Waals surface area contributed by atoms with Crippen molar-refractivity contribution in [3.8, 4) is 11.5 Å². The van der Waals surface area contributed by atoms with Gasteiger partial charge < -0.3 is 18.9 Å². The molecule has 28 heavy (non-hydrogen) atoms. The van der Waals surface area contributed by atoms with Crippen LogP contribution in [0, 0.1) is 0 Å². The summed E-state index contributed by atoms with van der Waals surface area (Å²) in [6.45, 7) is 0. The topological polar surface area (TPSA) is 71.1 Å². The maximum atomic E-state index is 11.9. The Morgan fingerprint density at radius 1 is 0.750 bits per heavy atom. The molecule has 6 nitrogen and oxygen atoms in total. The Labute approximate surface area is 164 Å². The number of fused-ring (bicyclic) bond motifs is 5. The molecule has 0 radical (unpaired) electrons. The van der Waals surface area contributed by atoms with E-state index in [1.165, 1.54) is 38.2 Å². The summed E-state index contributed by atoms with van der Waals surface area (Å²) >= 11 is 0. The van der Waals surface area contributed by atoms with Gasteiger partial charge in [-0.2, -0.15) is 0 Å². The quantitative estimate of drug-likeness (QED) is 0.374. The first-order valence-electron chi connectivity index (χ1n) is 10.0. The molecule has 2 fully saturated rings. The van der Waals surface area contributed by atoms with Gasteiger partial charge in [0.25, 0.3) is 0 Å². The van der Waals surface area contributed by atoms with Gasteiger partial charge in [-0.15, -0.1) is 0 Å². The molecule has 0 amide bonds. The third kappa shape index (κ3) is 3.25. The summed E-state index contributed by atoms with van der Waals surface area (Å²) < 4.78 is 20.5. The second-order valence-electron chi connectivity index (χ2n) is 7.65. The van der Waals surface area contributed by atoms with Crippen molar-refractivity contribution in [2.24, 2.45) is 0 Å². The van der Waals surface area contributed by atoms with E-state index in [2.05, 4.69) is 0 Å². The minimum absolute atomic E-state index is 0.203. The molecule has 0 unspecified atom stereocenters. The van der Waals surface area contributed by atoms with Crippen molar-refractivity contribution in [1.29, 1.82) is 0 Å². The molecule has 4 rings (SSSR count). The van der Waals surface area contributed by atoms with Gasteiger partial charge in [-0.05, 0) is 50.7 Å². The normalized spacial score (nSPS) is 23.1. The van der Waals surface area contributed by atoms with Crippen LogP contribution in [-0.2, 0) is 9.47 Å². The molecule has 0 aromatic heterocycles. The fourth-order valence-corrected chi connectivity index (χ4v) is 5.19. The maximum Gasteiger partial charge on any atom is 0.513 e. The summed E-state index contributed by atoms with van der Waals surface area (Å²) in [6, 6.07) is 3.40. The minimum Gasteiger partial charge on any atom is -0.437 e. The number of methoxy groups -OCH3 is 2. The zero-order valence-electron chi connectivity index (χ0n) is 16.4. The Morgan fingerprint density at radius 2 is 1.18 bits per heavy atom. The first kappa shape index (κ1) is 18.8. The van der Waals surface area contributed by atoms with E-state index < -0.39 is 12.3 Å². The predicted octanol–water partition coefficient (Wildman–Crippen LogP) is 5.60. The summed E-state index contributed by atoms with van der Waals surface area (Å²) in [5.41, 5.74) is 4.98. The highest BCUT2D eigenvalue weighted by atomic mass is 16.7. The number of rotatable bonds is 2. The molecule has 150 valence electrons. The number of allylic oxidation sites excluding steroid dienone is 2. The van der Waals surface area contributed by atoms with E-state index in [-0.39, 0.29) is 11.8 Å². The van der Waals surface area contributed by atoms with Crippen molar-refractivity contribution in [3.63, 3.8) is 0 Å². The van der Waals surface area contributed by atoms with Crippen molar-refractivity contribution in [1.82, 2.24) is 0 Å². The van der Waals surface area contributed by atoms with Crippen LogP contribution in [0.15, 0.2) is 23.3 Å². The summed E-state index contributed by atoms with van der Waals surface area (Å²) in [5.74, 6) is 1.42. The molecule has 0 aliphatic heterocycles. The Kier molecular flexibility index (Phi) is 5.29. The Bertz CT molecular complexity index is 758. The second-order valence-corrected chi connectivity index (χ2v) is 7.65. The molecule has 0 N–H and O–H groups in total. The monoisotopic (exact) mass is 386 g/mol. The number of hydrogen-bond donors (Lipinski definition) is 0. The SMILES string of the molecule is COC(=O)Oc1ccc(OC(=O)OC)c2c1[C@H]1CCCCC1=C1CCCC[C@@H]12. The molecule has 6 heteroatoms. The van der Waals surface area contributed by atoms with Crippen LogP contribution in [-0.4, -0.2) is 26.5 Å². The van der Waals surface area contributed by atoms with E-state index in [0.29, 0.717) is 11.5 Å². The zero-order valence-corrected chi connectivity index (χ0v) is 16.4. The number of hydrogen-bond acceptors (Lipinski definition) is 6. The number of benzene rings is 1. The van der Waals surface area contributed by atoms with Crippen LogP contribution in [0.2, 0.25) is 0 Å². The second kappa shape index (κ2) is 7.86. The smallest absolute Gasteiger partial charge is 0.437 e. The molecule has 2 atom stereocenters. The molecule has 2 saturated carbocycles. The molecule has 0 spiro atoms.